The molecule has 7 nitrogen and oxygen atoms in total. The van der Waals surface area contributed by atoms with E-state index >= 15 is 0 Å². The van der Waals surface area contributed by atoms with Crippen LogP contribution >= 0.6 is 0 Å². The van der Waals surface area contributed by atoms with Gasteiger partial charge in [-0.25, -0.2) is 0 Å². The molecular weight excluding hydrogens is 298 g/mol. The summed E-state index contributed by atoms with van der Waals surface area (Å²) in [5, 5.41) is 3.88. The van der Waals surface area contributed by atoms with E-state index in [1.165, 1.54) is 0 Å². The van der Waals surface area contributed by atoms with Crippen molar-refractivity contribution in [3.05, 3.63) is 46.3 Å². The Kier molecular flexibility index (Phi) is 5.15. The van der Waals surface area contributed by atoms with Gasteiger partial charge in [0.15, 0.2) is 6.29 Å². The number of fused-ring (bicyclic) bond motifs is 1. The molecular formula is C16H21N3O4. The van der Waals surface area contributed by atoms with Gasteiger partial charge in [-0.3, -0.25) is 0 Å². The summed E-state index contributed by atoms with van der Waals surface area (Å²) >= 11 is 0. The molecule has 2 fully saturated rings. The van der Waals surface area contributed by atoms with E-state index in [-0.39, 0.29) is 30.7 Å². The first-order valence-corrected chi connectivity index (χ1v) is 7.81. The maximum Gasteiger partial charge on any atom is 0.155 e. The number of hydrogen-bond donors (Lipinski definition) is 0. The second-order valence-corrected chi connectivity index (χ2v) is 5.84. The number of rotatable bonds is 4. The standard InChI is InChI=1S/C16H21N3O4/c1-10-14(18-19-17)16(21-8-12-6-4-3-5-7-12)15-13(22-10)9-20-11(2)23-15/h3-7,10-11,13-16H,8-9H2,1-2H3/t10?,11?,13?,14-,15?,16-/m1/s1. The van der Waals surface area contributed by atoms with Gasteiger partial charge in [-0.05, 0) is 24.9 Å². The van der Waals surface area contributed by atoms with Crippen LogP contribution in [0.15, 0.2) is 35.4 Å². The Labute approximate surface area is 135 Å². The molecule has 23 heavy (non-hydrogen) atoms. The van der Waals surface area contributed by atoms with Crippen molar-refractivity contribution < 1.29 is 18.9 Å². The first-order valence-electron chi connectivity index (χ1n) is 7.81. The van der Waals surface area contributed by atoms with E-state index in [1.54, 1.807) is 0 Å². The average Bonchev–Trinajstić information content (AvgIpc) is 2.56. The van der Waals surface area contributed by atoms with Gasteiger partial charge in [-0.2, -0.15) is 0 Å². The van der Waals surface area contributed by atoms with Gasteiger partial charge in [0, 0.05) is 4.91 Å². The SMILES string of the molecule is CC1OCC2OC(C)[C@@H](N=[N+]=[N-])[C@@H](OCc3ccccc3)C2O1. The average molecular weight is 319 g/mol. The number of nitrogens with zero attached hydrogens (tertiary/aromatic N) is 3. The second kappa shape index (κ2) is 7.29. The molecule has 7 heteroatoms. The zero-order valence-electron chi connectivity index (χ0n) is 13.2. The van der Waals surface area contributed by atoms with Crippen molar-refractivity contribution in [2.75, 3.05) is 6.61 Å². The van der Waals surface area contributed by atoms with Crippen molar-refractivity contribution in [1.82, 2.24) is 0 Å². The molecule has 0 aliphatic carbocycles. The van der Waals surface area contributed by atoms with Gasteiger partial charge in [-0.1, -0.05) is 35.4 Å². The van der Waals surface area contributed by atoms with Crippen molar-refractivity contribution in [3.63, 3.8) is 0 Å². The summed E-state index contributed by atoms with van der Waals surface area (Å²) in [5.74, 6) is 0. The lowest BCUT2D eigenvalue weighted by Gasteiger charge is -2.47. The van der Waals surface area contributed by atoms with Crippen LogP contribution in [0.2, 0.25) is 0 Å². The van der Waals surface area contributed by atoms with Crippen LogP contribution in [-0.4, -0.2) is 43.4 Å². The second-order valence-electron chi connectivity index (χ2n) is 5.84. The van der Waals surface area contributed by atoms with E-state index in [0.29, 0.717) is 13.2 Å². The molecule has 2 saturated heterocycles. The first-order chi connectivity index (χ1) is 11.2. The fourth-order valence-corrected chi connectivity index (χ4v) is 3.08. The minimum absolute atomic E-state index is 0.216. The molecule has 2 aliphatic rings. The van der Waals surface area contributed by atoms with Gasteiger partial charge in [-0.15, -0.1) is 0 Å². The van der Waals surface area contributed by atoms with Crippen LogP contribution in [0.5, 0.6) is 0 Å². The topological polar surface area (TPSA) is 85.7 Å². The normalized spacial score (nSPS) is 36.8. The summed E-state index contributed by atoms with van der Waals surface area (Å²) in [6.07, 6.45) is -1.48. The molecule has 0 aromatic heterocycles. The predicted molar refractivity (Wildman–Crippen MR) is 82.6 cm³/mol. The van der Waals surface area contributed by atoms with Gasteiger partial charge < -0.3 is 18.9 Å². The van der Waals surface area contributed by atoms with Gasteiger partial charge in [0.25, 0.3) is 0 Å². The Morgan fingerprint density at radius 1 is 1.26 bits per heavy atom. The van der Waals surface area contributed by atoms with Crippen LogP contribution in [-0.2, 0) is 25.6 Å². The highest BCUT2D eigenvalue weighted by molar-refractivity contribution is 5.13. The highest BCUT2D eigenvalue weighted by Gasteiger charge is 2.48. The van der Waals surface area contributed by atoms with Crippen LogP contribution in [0.3, 0.4) is 0 Å². The maximum atomic E-state index is 8.87. The highest BCUT2D eigenvalue weighted by Crippen LogP contribution is 2.32. The van der Waals surface area contributed by atoms with Crippen molar-refractivity contribution in [2.24, 2.45) is 5.11 Å². The highest BCUT2D eigenvalue weighted by atomic mass is 16.7. The minimum atomic E-state index is -0.435. The molecule has 0 bridgehead atoms. The quantitative estimate of drug-likeness (QED) is 0.485. The third kappa shape index (κ3) is 3.65. The Hall–Kier alpha value is -1.63. The molecule has 1 aromatic rings. The molecule has 0 spiro atoms. The van der Waals surface area contributed by atoms with E-state index in [9.17, 15) is 0 Å². The fraction of sp³-hybridized carbons (Fsp3) is 0.625. The van der Waals surface area contributed by atoms with Crippen molar-refractivity contribution in [1.29, 1.82) is 0 Å². The Morgan fingerprint density at radius 3 is 2.78 bits per heavy atom. The van der Waals surface area contributed by atoms with E-state index in [2.05, 4.69) is 10.0 Å². The zero-order valence-corrected chi connectivity index (χ0v) is 13.2. The predicted octanol–water partition coefficient (Wildman–Crippen LogP) is 2.80. The van der Waals surface area contributed by atoms with E-state index in [0.717, 1.165) is 5.56 Å². The fourth-order valence-electron chi connectivity index (χ4n) is 3.08. The summed E-state index contributed by atoms with van der Waals surface area (Å²) in [5.41, 5.74) is 9.93. The molecule has 0 radical (unpaired) electrons. The summed E-state index contributed by atoms with van der Waals surface area (Å²) in [6.45, 7) is 4.60. The monoisotopic (exact) mass is 319 g/mol. The lowest BCUT2D eigenvalue weighted by Crippen LogP contribution is -2.62. The lowest BCUT2D eigenvalue weighted by atomic mass is 9.93. The molecule has 2 heterocycles. The smallest absolute Gasteiger partial charge is 0.155 e. The molecule has 0 amide bonds. The molecule has 2 aliphatic heterocycles. The Bertz CT molecular complexity index is 564. The lowest BCUT2D eigenvalue weighted by molar-refractivity contribution is -0.309. The van der Waals surface area contributed by atoms with Crippen molar-refractivity contribution >= 4 is 0 Å². The maximum absolute atomic E-state index is 8.87. The molecule has 0 saturated carbocycles. The molecule has 3 rings (SSSR count). The molecule has 124 valence electrons. The van der Waals surface area contributed by atoms with Crippen LogP contribution in [0, 0.1) is 0 Å². The molecule has 0 N–H and O–H groups in total. The Balaban J connectivity index is 1.78. The van der Waals surface area contributed by atoms with Crippen LogP contribution in [0.1, 0.15) is 19.4 Å². The van der Waals surface area contributed by atoms with Crippen LogP contribution < -0.4 is 0 Å². The van der Waals surface area contributed by atoms with Crippen LogP contribution in [0.25, 0.3) is 10.4 Å². The number of hydrogen-bond acceptors (Lipinski definition) is 5. The number of ether oxygens (including phenoxy) is 4. The number of azide groups is 1. The van der Waals surface area contributed by atoms with E-state index < -0.39 is 6.04 Å². The Morgan fingerprint density at radius 2 is 2.04 bits per heavy atom. The molecule has 6 atom stereocenters. The van der Waals surface area contributed by atoms with Crippen molar-refractivity contribution in [3.8, 4) is 0 Å². The minimum Gasteiger partial charge on any atom is -0.370 e. The van der Waals surface area contributed by atoms with Crippen LogP contribution in [0.4, 0.5) is 0 Å². The summed E-state index contributed by atoms with van der Waals surface area (Å²) in [6, 6.07) is 9.45. The third-order valence-electron chi connectivity index (χ3n) is 4.21. The zero-order chi connectivity index (χ0) is 16.2. The van der Waals surface area contributed by atoms with Gasteiger partial charge >= 0.3 is 0 Å². The molecule has 4 unspecified atom stereocenters. The van der Waals surface area contributed by atoms with E-state index in [4.69, 9.17) is 24.5 Å². The van der Waals surface area contributed by atoms with Crippen molar-refractivity contribution in [2.45, 2.75) is 57.2 Å². The van der Waals surface area contributed by atoms with Gasteiger partial charge in [0.2, 0.25) is 0 Å². The van der Waals surface area contributed by atoms with E-state index in [1.807, 2.05) is 44.2 Å². The first kappa shape index (κ1) is 16.2. The van der Waals surface area contributed by atoms with Gasteiger partial charge in [0.1, 0.15) is 12.2 Å². The number of benzene rings is 1. The third-order valence-corrected chi connectivity index (χ3v) is 4.21. The summed E-state index contributed by atoms with van der Waals surface area (Å²) in [4.78, 5) is 2.95. The molecule has 1 aromatic carbocycles. The summed E-state index contributed by atoms with van der Waals surface area (Å²) < 4.78 is 23.3. The summed E-state index contributed by atoms with van der Waals surface area (Å²) in [7, 11) is 0. The van der Waals surface area contributed by atoms with Gasteiger partial charge in [0.05, 0.1) is 31.5 Å². The largest absolute Gasteiger partial charge is 0.370 e.